The molecular formula is C26H28ClN3O3S. The Kier molecular flexibility index (Phi) is 7.14. The molecule has 3 aromatic rings. The van der Waals surface area contributed by atoms with Gasteiger partial charge in [0.2, 0.25) is 5.91 Å². The van der Waals surface area contributed by atoms with E-state index in [1.54, 1.807) is 11.0 Å². The molecule has 6 nitrogen and oxygen atoms in total. The highest BCUT2D eigenvalue weighted by molar-refractivity contribution is 7.92. The predicted molar refractivity (Wildman–Crippen MR) is 137 cm³/mol. The quantitative estimate of drug-likeness (QED) is 0.503. The third-order valence-corrected chi connectivity index (χ3v) is 8.25. The van der Waals surface area contributed by atoms with Crippen LogP contribution in [0.25, 0.3) is 0 Å². The maximum Gasteiger partial charge on any atom is 0.264 e. The van der Waals surface area contributed by atoms with Crippen molar-refractivity contribution in [3.63, 3.8) is 0 Å². The molecule has 0 saturated carbocycles. The Balaban J connectivity index is 1.56. The Morgan fingerprint density at radius 1 is 0.882 bits per heavy atom. The van der Waals surface area contributed by atoms with Gasteiger partial charge in [0, 0.05) is 36.9 Å². The molecule has 0 bridgehead atoms. The highest BCUT2D eigenvalue weighted by Crippen LogP contribution is 2.27. The van der Waals surface area contributed by atoms with Crippen LogP contribution in [-0.2, 0) is 14.8 Å². The summed E-state index contributed by atoms with van der Waals surface area (Å²) >= 11 is 5.97. The summed E-state index contributed by atoms with van der Waals surface area (Å²) in [5.41, 5.74) is 3.60. The van der Waals surface area contributed by atoms with Gasteiger partial charge in [-0.3, -0.25) is 9.10 Å². The van der Waals surface area contributed by atoms with Crippen LogP contribution in [0.5, 0.6) is 0 Å². The van der Waals surface area contributed by atoms with Gasteiger partial charge in [0.1, 0.15) is 6.54 Å². The van der Waals surface area contributed by atoms with E-state index in [-0.39, 0.29) is 17.3 Å². The molecule has 0 unspecified atom stereocenters. The first-order valence-corrected chi connectivity index (χ1v) is 13.0. The van der Waals surface area contributed by atoms with Gasteiger partial charge in [0.25, 0.3) is 10.0 Å². The van der Waals surface area contributed by atoms with Crippen LogP contribution < -0.4 is 9.21 Å². The molecule has 1 fully saturated rings. The molecule has 1 amide bonds. The molecule has 4 rings (SSSR count). The second kappa shape index (κ2) is 10.1. The summed E-state index contributed by atoms with van der Waals surface area (Å²) in [5.74, 6) is -0.219. The zero-order valence-electron chi connectivity index (χ0n) is 19.3. The van der Waals surface area contributed by atoms with Crippen molar-refractivity contribution in [3.8, 4) is 0 Å². The smallest absolute Gasteiger partial charge is 0.264 e. The van der Waals surface area contributed by atoms with Gasteiger partial charge in [-0.2, -0.15) is 0 Å². The van der Waals surface area contributed by atoms with E-state index >= 15 is 0 Å². The molecule has 0 N–H and O–H groups in total. The number of carbonyl (C=O) groups excluding carboxylic acids is 1. The van der Waals surface area contributed by atoms with E-state index in [0.29, 0.717) is 36.9 Å². The van der Waals surface area contributed by atoms with Crippen LogP contribution in [0.15, 0.2) is 77.7 Å². The first kappa shape index (κ1) is 24.1. The van der Waals surface area contributed by atoms with Crippen molar-refractivity contribution in [3.05, 3.63) is 88.9 Å². The second-order valence-corrected chi connectivity index (χ2v) is 10.7. The molecule has 1 saturated heterocycles. The molecule has 3 aromatic carbocycles. The van der Waals surface area contributed by atoms with Crippen LogP contribution in [-0.4, -0.2) is 51.9 Å². The predicted octanol–water partition coefficient (Wildman–Crippen LogP) is 4.50. The molecule has 0 aromatic heterocycles. The van der Waals surface area contributed by atoms with Crippen molar-refractivity contribution < 1.29 is 13.2 Å². The molecule has 34 heavy (non-hydrogen) atoms. The third kappa shape index (κ3) is 5.21. The van der Waals surface area contributed by atoms with Crippen LogP contribution >= 0.6 is 11.6 Å². The lowest BCUT2D eigenvalue weighted by atomic mass is 10.1. The average Bonchev–Trinajstić information content (AvgIpc) is 2.85. The first-order valence-electron chi connectivity index (χ1n) is 11.2. The lowest BCUT2D eigenvalue weighted by molar-refractivity contribution is -0.129. The number of hydrogen-bond donors (Lipinski definition) is 0. The normalized spacial score (nSPS) is 14.2. The fourth-order valence-corrected chi connectivity index (χ4v) is 5.54. The van der Waals surface area contributed by atoms with Gasteiger partial charge in [-0.15, -0.1) is 0 Å². The number of benzene rings is 3. The molecule has 0 spiro atoms. The highest BCUT2D eigenvalue weighted by atomic mass is 35.5. The van der Waals surface area contributed by atoms with Crippen molar-refractivity contribution in [2.24, 2.45) is 0 Å². The summed E-state index contributed by atoms with van der Waals surface area (Å²) in [7, 11) is -3.97. The van der Waals surface area contributed by atoms with Gasteiger partial charge >= 0.3 is 0 Å². The Hall–Kier alpha value is -3.03. The molecule has 178 valence electrons. The van der Waals surface area contributed by atoms with Crippen molar-refractivity contribution in [1.29, 1.82) is 0 Å². The van der Waals surface area contributed by atoms with E-state index in [0.717, 1.165) is 16.8 Å². The van der Waals surface area contributed by atoms with Crippen molar-refractivity contribution in [2.75, 3.05) is 41.9 Å². The number of aryl methyl sites for hydroxylation is 2. The lowest BCUT2D eigenvalue weighted by Crippen LogP contribution is -2.52. The van der Waals surface area contributed by atoms with Gasteiger partial charge in [-0.05, 0) is 73.5 Å². The number of halogens is 1. The largest absolute Gasteiger partial charge is 0.368 e. The summed E-state index contributed by atoms with van der Waals surface area (Å²) in [5, 5.41) is 0.448. The van der Waals surface area contributed by atoms with Crippen LogP contribution in [0.2, 0.25) is 5.02 Å². The minimum absolute atomic E-state index is 0.0943. The van der Waals surface area contributed by atoms with Crippen molar-refractivity contribution in [2.45, 2.75) is 18.7 Å². The summed E-state index contributed by atoms with van der Waals surface area (Å²) < 4.78 is 28.4. The third-order valence-electron chi connectivity index (χ3n) is 6.21. The maximum absolute atomic E-state index is 13.6. The first-order chi connectivity index (χ1) is 16.3. The summed E-state index contributed by atoms with van der Waals surface area (Å²) in [6.45, 7) is 6.10. The van der Waals surface area contributed by atoms with Gasteiger partial charge in [0.05, 0.1) is 10.6 Å². The van der Waals surface area contributed by atoms with E-state index in [1.807, 2.05) is 44.2 Å². The molecule has 0 radical (unpaired) electrons. The molecular weight excluding hydrogens is 470 g/mol. The summed E-state index contributed by atoms with van der Waals surface area (Å²) in [6.07, 6.45) is 0. The highest BCUT2D eigenvalue weighted by Gasteiger charge is 2.30. The number of amides is 1. The summed E-state index contributed by atoms with van der Waals surface area (Å²) in [4.78, 5) is 17.4. The molecule has 1 heterocycles. The fraction of sp³-hybridized carbons (Fsp3) is 0.269. The van der Waals surface area contributed by atoms with Gasteiger partial charge in [-0.1, -0.05) is 35.9 Å². The zero-order chi connectivity index (χ0) is 24.3. The van der Waals surface area contributed by atoms with Crippen LogP contribution in [0, 0.1) is 13.8 Å². The number of sulfonamides is 1. The average molecular weight is 498 g/mol. The standard InChI is InChI=1S/C26H28ClN3O3S/c1-20-8-11-24(18-21(20)2)30(34(32,33)25-12-9-22(27)10-13-25)19-26(31)29-16-14-28(15-17-29)23-6-4-3-5-7-23/h3-13,18H,14-17,19H2,1-2H3. The zero-order valence-corrected chi connectivity index (χ0v) is 20.9. The lowest BCUT2D eigenvalue weighted by Gasteiger charge is -2.37. The molecule has 0 atom stereocenters. The number of carbonyl (C=O) groups is 1. The molecule has 8 heteroatoms. The number of hydrogen-bond acceptors (Lipinski definition) is 4. The Morgan fingerprint density at radius 2 is 1.53 bits per heavy atom. The molecule has 1 aliphatic rings. The van der Waals surface area contributed by atoms with Gasteiger partial charge in [0.15, 0.2) is 0 Å². The minimum atomic E-state index is -3.97. The van der Waals surface area contributed by atoms with Crippen molar-refractivity contribution in [1.82, 2.24) is 4.90 Å². The van der Waals surface area contributed by atoms with Gasteiger partial charge < -0.3 is 9.80 Å². The SMILES string of the molecule is Cc1ccc(N(CC(=O)N2CCN(c3ccccc3)CC2)S(=O)(=O)c2ccc(Cl)cc2)cc1C. The van der Waals surface area contributed by atoms with E-state index in [1.165, 1.54) is 28.6 Å². The van der Waals surface area contributed by atoms with E-state index in [2.05, 4.69) is 17.0 Å². The van der Waals surface area contributed by atoms with E-state index in [9.17, 15) is 13.2 Å². The number of para-hydroxylation sites is 1. The number of rotatable bonds is 6. The fourth-order valence-electron chi connectivity index (χ4n) is 4.01. The van der Waals surface area contributed by atoms with E-state index in [4.69, 9.17) is 11.6 Å². The second-order valence-electron chi connectivity index (χ2n) is 8.44. The monoisotopic (exact) mass is 497 g/mol. The van der Waals surface area contributed by atoms with Gasteiger partial charge in [-0.25, -0.2) is 8.42 Å². The topological polar surface area (TPSA) is 60.9 Å². The number of piperazine rings is 1. The molecule has 0 aliphatic carbocycles. The minimum Gasteiger partial charge on any atom is -0.368 e. The van der Waals surface area contributed by atoms with E-state index < -0.39 is 10.0 Å². The van der Waals surface area contributed by atoms with Crippen LogP contribution in [0.4, 0.5) is 11.4 Å². The number of anilines is 2. The van der Waals surface area contributed by atoms with Crippen LogP contribution in [0.1, 0.15) is 11.1 Å². The Labute approximate surface area is 206 Å². The summed E-state index contributed by atoms with van der Waals surface area (Å²) in [6, 6.07) is 21.5. The molecule has 1 aliphatic heterocycles. The number of nitrogens with zero attached hydrogens (tertiary/aromatic N) is 3. The van der Waals surface area contributed by atoms with Crippen molar-refractivity contribution >= 4 is 38.9 Å². The van der Waals surface area contributed by atoms with Crippen LogP contribution in [0.3, 0.4) is 0 Å². The Bertz CT molecular complexity index is 1260. The maximum atomic E-state index is 13.6. The Morgan fingerprint density at radius 3 is 2.15 bits per heavy atom.